The molecule has 0 atom stereocenters. The molecule has 0 fully saturated rings. The highest BCUT2D eigenvalue weighted by Crippen LogP contribution is 2.34. The van der Waals surface area contributed by atoms with Crippen LogP contribution in [-0.4, -0.2) is 19.9 Å². The number of nitrogens with two attached hydrogens (primary N) is 2. The maximum absolute atomic E-state index is 5.93. The Bertz CT molecular complexity index is 800. The van der Waals surface area contributed by atoms with E-state index in [9.17, 15) is 0 Å². The van der Waals surface area contributed by atoms with E-state index in [1.807, 2.05) is 33.8 Å². The van der Waals surface area contributed by atoms with Crippen molar-refractivity contribution in [3.05, 3.63) is 23.7 Å². The zero-order valence-electron chi connectivity index (χ0n) is 16.1. The summed E-state index contributed by atoms with van der Waals surface area (Å²) in [4.78, 5) is 17.0. The summed E-state index contributed by atoms with van der Waals surface area (Å²) in [5.41, 5.74) is 14.8. The fourth-order valence-electron chi connectivity index (χ4n) is 1.97. The lowest BCUT2D eigenvalue weighted by atomic mass is 10.2. The summed E-state index contributed by atoms with van der Waals surface area (Å²) < 4.78 is 1.07. The number of nitrogens with zero attached hydrogens (tertiary/aromatic N) is 4. The first-order chi connectivity index (χ1) is 11.8. The normalized spacial score (nSPS) is 10.1. The van der Waals surface area contributed by atoms with Crippen LogP contribution in [0.15, 0.2) is 12.3 Å². The Morgan fingerprint density at radius 2 is 1.56 bits per heavy atom. The summed E-state index contributed by atoms with van der Waals surface area (Å²) in [5, 5.41) is 0.793. The third-order valence-electron chi connectivity index (χ3n) is 2.84. The largest absolute Gasteiger partial charge is 0.383 e. The van der Waals surface area contributed by atoms with Crippen LogP contribution in [0.3, 0.4) is 0 Å². The van der Waals surface area contributed by atoms with Gasteiger partial charge in [0.05, 0.1) is 21.7 Å². The van der Waals surface area contributed by atoms with E-state index in [0.717, 1.165) is 38.1 Å². The fraction of sp³-hybridized carbons (Fsp3) is 0.444. The minimum absolute atomic E-state index is 0.178. The number of anilines is 2. The van der Waals surface area contributed by atoms with E-state index in [4.69, 9.17) is 11.5 Å². The van der Waals surface area contributed by atoms with Gasteiger partial charge >= 0.3 is 0 Å². The predicted octanol–water partition coefficient (Wildman–Crippen LogP) is 4.62. The van der Waals surface area contributed by atoms with Gasteiger partial charge in [-0.15, -0.1) is 11.3 Å². The molecule has 0 aliphatic heterocycles. The molecule has 7 heteroatoms. The van der Waals surface area contributed by atoms with Gasteiger partial charge in [0, 0.05) is 6.20 Å². The molecule has 3 rings (SSSR count). The molecule has 4 N–H and O–H groups in total. The maximum atomic E-state index is 5.93. The van der Waals surface area contributed by atoms with Gasteiger partial charge in [0.25, 0.3) is 0 Å². The molecule has 25 heavy (non-hydrogen) atoms. The first-order valence-corrected chi connectivity index (χ1v) is 9.23. The van der Waals surface area contributed by atoms with E-state index in [1.54, 1.807) is 17.5 Å². The summed E-state index contributed by atoms with van der Waals surface area (Å²) >= 11 is 1.55. The van der Waals surface area contributed by atoms with Gasteiger partial charge in [-0.25, -0.2) is 9.97 Å². The highest BCUT2D eigenvalue weighted by atomic mass is 32.1. The average molecular weight is 361 g/mol. The molecule has 3 aromatic rings. The lowest BCUT2D eigenvalue weighted by molar-refractivity contribution is 0.737. The second kappa shape index (κ2) is 9.27. The number of fused-ring (bicyclic) bond motifs is 1. The van der Waals surface area contributed by atoms with Crippen LogP contribution in [-0.2, 0) is 0 Å². The highest BCUT2D eigenvalue weighted by molar-refractivity contribution is 7.21. The lowest BCUT2D eigenvalue weighted by Gasteiger charge is -2.05. The molecule has 0 bridgehead atoms. The van der Waals surface area contributed by atoms with Gasteiger partial charge in [-0.1, -0.05) is 34.6 Å². The Labute approximate surface area is 153 Å². The Hall–Kier alpha value is -2.28. The summed E-state index contributed by atoms with van der Waals surface area (Å²) in [7, 11) is 0. The third kappa shape index (κ3) is 5.35. The van der Waals surface area contributed by atoms with Crippen molar-refractivity contribution >= 4 is 33.3 Å². The molecule has 0 aliphatic rings. The number of nitrogen functional groups attached to an aromatic ring is 2. The number of aromatic nitrogens is 4. The SMILES string of the molecule is CC.CC(C)C.Cc1nc(N)nc(N)c1-c1nc2c(C)nccc2s1. The van der Waals surface area contributed by atoms with Crippen LogP contribution < -0.4 is 11.5 Å². The van der Waals surface area contributed by atoms with E-state index in [2.05, 4.69) is 40.7 Å². The van der Waals surface area contributed by atoms with Crippen molar-refractivity contribution in [3.63, 3.8) is 0 Å². The highest BCUT2D eigenvalue weighted by Gasteiger charge is 2.15. The molecule has 0 saturated carbocycles. The first kappa shape index (κ1) is 20.8. The van der Waals surface area contributed by atoms with Crippen LogP contribution in [0.4, 0.5) is 11.8 Å². The zero-order valence-corrected chi connectivity index (χ0v) is 16.9. The predicted molar refractivity (Wildman–Crippen MR) is 109 cm³/mol. The van der Waals surface area contributed by atoms with Crippen molar-refractivity contribution in [3.8, 4) is 10.6 Å². The maximum Gasteiger partial charge on any atom is 0.222 e. The molecule has 0 aliphatic carbocycles. The van der Waals surface area contributed by atoms with Crippen molar-refractivity contribution in [2.24, 2.45) is 5.92 Å². The Balaban J connectivity index is 0.000000461. The average Bonchev–Trinajstić information content (AvgIpc) is 2.92. The summed E-state index contributed by atoms with van der Waals surface area (Å²) in [6.07, 6.45) is 1.77. The van der Waals surface area contributed by atoms with E-state index < -0.39 is 0 Å². The molecule has 0 amide bonds. The zero-order chi connectivity index (χ0) is 19.1. The monoisotopic (exact) mass is 360 g/mol. The van der Waals surface area contributed by atoms with Crippen LogP contribution in [0.2, 0.25) is 0 Å². The molecule has 0 spiro atoms. The van der Waals surface area contributed by atoms with Crippen molar-refractivity contribution < 1.29 is 0 Å². The number of aryl methyl sites for hydroxylation is 2. The second-order valence-corrected chi connectivity index (χ2v) is 6.95. The van der Waals surface area contributed by atoms with Crippen molar-refractivity contribution in [2.45, 2.75) is 48.5 Å². The minimum Gasteiger partial charge on any atom is -0.383 e. The van der Waals surface area contributed by atoms with E-state index in [-0.39, 0.29) is 5.95 Å². The molecule has 0 unspecified atom stereocenters. The molecule has 0 aromatic carbocycles. The van der Waals surface area contributed by atoms with Crippen molar-refractivity contribution in [2.75, 3.05) is 11.5 Å². The van der Waals surface area contributed by atoms with E-state index >= 15 is 0 Å². The first-order valence-electron chi connectivity index (χ1n) is 8.41. The number of rotatable bonds is 1. The van der Waals surface area contributed by atoms with E-state index in [1.165, 1.54) is 0 Å². The van der Waals surface area contributed by atoms with Crippen LogP contribution in [0.5, 0.6) is 0 Å². The number of thiazole rings is 1. The van der Waals surface area contributed by atoms with Gasteiger partial charge in [-0.3, -0.25) is 4.98 Å². The molecular formula is C18H28N6S. The molecule has 3 aromatic heterocycles. The Morgan fingerprint density at radius 3 is 2.08 bits per heavy atom. The molecule has 6 nitrogen and oxygen atoms in total. The molecule has 0 saturated heterocycles. The van der Waals surface area contributed by atoms with Gasteiger partial charge < -0.3 is 11.5 Å². The van der Waals surface area contributed by atoms with Crippen LogP contribution in [0.1, 0.15) is 46.0 Å². The summed E-state index contributed by atoms with van der Waals surface area (Å²) in [5.74, 6) is 1.37. The molecule has 136 valence electrons. The number of hydrogen-bond acceptors (Lipinski definition) is 7. The van der Waals surface area contributed by atoms with Gasteiger partial charge in [-0.2, -0.15) is 4.98 Å². The van der Waals surface area contributed by atoms with E-state index in [0.29, 0.717) is 5.82 Å². The van der Waals surface area contributed by atoms with Gasteiger partial charge in [0.2, 0.25) is 5.95 Å². The molecule has 0 radical (unpaired) electrons. The smallest absolute Gasteiger partial charge is 0.222 e. The quantitative estimate of drug-likeness (QED) is 0.656. The van der Waals surface area contributed by atoms with Crippen molar-refractivity contribution in [1.82, 2.24) is 19.9 Å². The summed E-state index contributed by atoms with van der Waals surface area (Å²) in [6.45, 7) is 14.3. The Kier molecular flexibility index (Phi) is 7.70. The fourth-order valence-corrected chi connectivity index (χ4v) is 3.09. The molecular weight excluding hydrogens is 332 g/mol. The van der Waals surface area contributed by atoms with Crippen LogP contribution in [0.25, 0.3) is 20.8 Å². The van der Waals surface area contributed by atoms with Gasteiger partial charge in [-0.05, 0) is 25.8 Å². The molecule has 3 heterocycles. The topological polar surface area (TPSA) is 104 Å². The number of pyridine rings is 1. The number of hydrogen-bond donors (Lipinski definition) is 2. The van der Waals surface area contributed by atoms with Gasteiger partial charge in [0.15, 0.2) is 0 Å². The standard InChI is InChI=1S/C12H12N6S.C4H10.C2H6/c1-5-8(10(13)18-12(14)16-5)11-17-9-6(2)15-4-3-7(9)19-11;1-4(2)3;1-2/h3-4H,1-2H3,(H4,13,14,16,18);4H,1-3H3;1-2H3. The Morgan fingerprint density at radius 1 is 0.960 bits per heavy atom. The van der Waals surface area contributed by atoms with Crippen LogP contribution >= 0.6 is 11.3 Å². The lowest BCUT2D eigenvalue weighted by Crippen LogP contribution is -2.04. The van der Waals surface area contributed by atoms with Gasteiger partial charge in [0.1, 0.15) is 16.3 Å². The third-order valence-corrected chi connectivity index (χ3v) is 3.88. The minimum atomic E-state index is 0.178. The van der Waals surface area contributed by atoms with Crippen molar-refractivity contribution in [1.29, 1.82) is 0 Å². The van der Waals surface area contributed by atoms with Crippen LogP contribution in [0, 0.1) is 19.8 Å². The summed E-state index contributed by atoms with van der Waals surface area (Å²) in [6, 6.07) is 1.94. The second-order valence-electron chi connectivity index (χ2n) is 5.92.